The first-order valence-electron chi connectivity index (χ1n) is 9.52. The van der Waals surface area contributed by atoms with Crippen LogP contribution in [0.2, 0.25) is 0 Å². The normalized spacial score (nSPS) is 32.3. The summed E-state index contributed by atoms with van der Waals surface area (Å²) in [4.78, 5) is 25.2. The topological polar surface area (TPSA) is 64.6 Å². The second kappa shape index (κ2) is 6.62. The van der Waals surface area contributed by atoms with Crippen LogP contribution in [0, 0.1) is 30.6 Å². The van der Waals surface area contributed by atoms with Crippen LogP contribution in [0.15, 0.2) is 48.5 Å². The van der Waals surface area contributed by atoms with Crippen LogP contribution in [0.5, 0.6) is 11.5 Å². The van der Waals surface area contributed by atoms with Gasteiger partial charge in [0.05, 0.1) is 16.7 Å². The molecule has 0 spiro atoms. The molecule has 5 rings (SSSR count). The maximum Gasteiger partial charge on any atom is 0.310 e. The Morgan fingerprint density at radius 1 is 1.14 bits per heavy atom. The summed E-state index contributed by atoms with van der Waals surface area (Å²) in [6, 6.07) is 15.1. The molecular formula is C22H20BrNO4. The minimum absolute atomic E-state index is 0.0653. The third-order valence-corrected chi connectivity index (χ3v) is 7.47. The lowest BCUT2D eigenvalue weighted by Gasteiger charge is -2.27. The molecule has 6 heteroatoms. The van der Waals surface area contributed by atoms with Gasteiger partial charge < -0.3 is 14.8 Å². The van der Waals surface area contributed by atoms with Gasteiger partial charge in [-0.3, -0.25) is 9.59 Å². The first-order valence-corrected chi connectivity index (χ1v) is 10.4. The number of esters is 1. The highest BCUT2D eigenvalue weighted by Gasteiger charge is 2.67. The van der Waals surface area contributed by atoms with E-state index < -0.39 is 0 Å². The van der Waals surface area contributed by atoms with Gasteiger partial charge in [0, 0.05) is 11.6 Å². The van der Waals surface area contributed by atoms with E-state index in [9.17, 15) is 9.59 Å². The molecule has 0 aromatic heterocycles. The molecular weight excluding hydrogens is 422 g/mol. The molecule has 144 valence electrons. The molecule has 2 saturated carbocycles. The van der Waals surface area contributed by atoms with Crippen molar-refractivity contribution in [2.45, 2.75) is 24.3 Å². The van der Waals surface area contributed by atoms with Gasteiger partial charge in [-0.1, -0.05) is 34.1 Å². The van der Waals surface area contributed by atoms with Crippen LogP contribution in [0.25, 0.3) is 0 Å². The summed E-state index contributed by atoms with van der Waals surface area (Å²) in [5, 5.41) is 2.97. The van der Waals surface area contributed by atoms with Gasteiger partial charge in [-0.2, -0.15) is 0 Å². The largest absolute Gasteiger partial charge is 0.461 e. The van der Waals surface area contributed by atoms with Crippen LogP contribution < -0.4 is 10.1 Å². The number of hydrogen-bond donors (Lipinski definition) is 1. The third kappa shape index (κ3) is 2.73. The quantitative estimate of drug-likeness (QED) is 0.567. The molecule has 6 atom stereocenters. The maximum absolute atomic E-state index is 12.9. The summed E-state index contributed by atoms with van der Waals surface area (Å²) in [5.74, 6) is 0.871. The van der Waals surface area contributed by atoms with Gasteiger partial charge in [0.2, 0.25) is 5.91 Å². The Bertz CT molecular complexity index is 944. The van der Waals surface area contributed by atoms with Crippen molar-refractivity contribution in [2.24, 2.45) is 23.7 Å². The number of fused-ring (bicyclic) bond motifs is 1. The van der Waals surface area contributed by atoms with Crippen molar-refractivity contribution in [3.05, 3.63) is 54.1 Å². The second-order valence-corrected chi connectivity index (χ2v) is 8.90. The lowest BCUT2D eigenvalue weighted by molar-refractivity contribution is -0.145. The smallest absolute Gasteiger partial charge is 0.310 e. The molecule has 2 aromatic rings. The Balaban J connectivity index is 1.28. The maximum atomic E-state index is 12.9. The van der Waals surface area contributed by atoms with Gasteiger partial charge in [-0.05, 0) is 55.2 Å². The molecule has 0 radical (unpaired) electrons. The minimum Gasteiger partial charge on any atom is -0.461 e. The fourth-order valence-corrected chi connectivity index (χ4v) is 6.00. The van der Waals surface area contributed by atoms with Crippen LogP contribution in [0.4, 0.5) is 5.69 Å². The Morgan fingerprint density at radius 2 is 1.89 bits per heavy atom. The van der Waals surface area contributed by atoms with E-state index in [1.165, 1.54) is 0 Å². The SMILES string of the molecule is Cc1ccccc1Oc1ccc(NC(=O)[C@@H]2[C@H]3C[C@H]4[C@H](OC(=O)[C@H]42)[C@H]3Br)cc1. The van der Waals surface area contributed by atoms with Crippen molar-refractivity contribution in [1.29, 1.82) is 0 Å². The van der Waals surface area contributed by atoms with Crippen LogP contribution >= 0.6 is 15.9 Å². The molecule has 3 aliphatic rings. The molecule has 1 amide bonds. The summed E-state index contributed by atoms with van der Waals surface area (Å²) in [6.45, 7) is 2.00. The van der Waals surface area contributed by atoms with Gasteiger partial charge in [0.15, 0.2) is 0 Å². The molecule has 2 aromatic carbocycles. The van der Waals surface area contributed by atoms with E-state index in [1.54, 1.807) is 0 Å². The van der Waals surface area contributed by atoms with Crippen LogP contribution in [0.1, 0.15) is 12.0 Å². The summed E-state index contributed by atoms with van der Waals surface area (Å²) in [6.07, 6.45) is 0.808. The lowest BCUT2D eigenvalue weighted by Crippen LogP contribution is -2.40. The van der Waals surface area contributed by atoms with E-state index >= 15 is 0 Å². The number of rotatable bonds is 4. The van der Waals surface area contributed by atoms with Gasteiger partial charge in [-0.15, -0.1) is 0 Å². The van der Waals surface area contributed by atoms with Crippen molar-refractivity contribution in [1.82, 2.24) is 0 Å². The summed E-state index contributed by atoms with van der Waals surface area (Å²) < 4.78 is 11.4. The number of ether oxygens (including phenoxy) is 2. The number of alkyl halides is 1. The Morgan fingerprint density at radius 3 is 2.64 bits per heavy atom. The zero-order valence-corrected chi connectivity index (χ0v) is 16.9. The second-order valence-electron chi connectivity index (χ2n) is 7.84. The summed E-state index contributed by atoms with van der Waals surface area (Å²) in [5.41, 5.74) is 1.75. The zero-order valence-electron chi connectivity index (χ0n) is 15.3. The molecule has 1 aliphatic heterocycles. The predicted molar refractivity (Wildman–Crippen MR) is 107 cm³/mol. The average Bonchev–Trinajstić information content (AvgIpc) is 3.29. The van der Waals surface area contributed by atoms with E-state index in [0.29, 0.717) is 11.4 Å². The molecule has 1 heterocycles. The highest BCUT2D eigenvalue weighted by molar-refractivity contribution is 9.09. The number of nitrogens with one attached hydrogen (secondary N) is 1. The summed E-state index contributed by atoms with van der Waals surface area (Å²) in [7, 11) is 0. The number of halogens is 1. The van der Waals surface area contributed by atoms with Crippen molar-refractivity contribution >= 4 is 33.5 Å². The average molecular weight is 442 g/mol. The fraction of sp³-hybridized carbons (Fsp3) is 0.364. The van der Waals surface area contributed by atoms with Crippen molar-refractivity contribution < 1.29 is 19.1 Å². The minimum atomic E-state index is -0.330. The number of carbonyl (C=O) groups is 2. The molecule has 2 bridgehead atoms. The van der Waals surface area contributed by atoms with Crippen LogP contribution in [-0.4, -0.2) is 22.8 Å². The zero-order chi connectivity index (χ0) is 19.4. The number of aryl methyl sites for hydroxylation is 1. The van der Waals surface area contributed by atoms with E-state index in [-0.39, 0.29) is 46.5 Å². The van der Waals surface area contributed by atoms with E-state index in [1.807, 2.05) is 55.5 Å². The number of hydrogen-bond acceptors (Lipinski definition) is 4. The summed E-state index contributed by atoms with van der Waals surface area (Å²) >= 11 is 3.64. The van der Waals surface area contributed by atoms with Crippen molar-refractivity contribution in [3.63, 3.8) is 0 Å². The first kappa shape index (κ1) is 17.7. The molecule has 1 N–H and O–H groups in total. The van der Waals surface area contributed by atoms with Crippen LogP contribution in [0.3, 0.4) is 0 Å². The molecule has 28 heavy (non-hydrogen) atoms. The van der Waals surface area contributed by atoms with Gasteiger partial charge in [0.25, 0.3) is 0 Å². The highest BCUT2D eigenvalue weighted by Crippen LogP contribution is 2.60. The first-order chi connectivity index (χ1) is 13.5. The Kier molecular flexibility index (Phi) is 4.19. The number of amides is 1. The molecule has 2 aliphatic carbocycles. The predicted octanol–water partition coefficient (Wildman–Crippen LogP) is 4.30. The third-order valence-electron chi connectivity index (χ3n) is 6.27. The Hall–Kier alpha value is -2.34. The standard InChI is InChI=1S/C22H20BrNO4/c1-11-4-2-3-5-16(11)27-13-8-6-12(7-9-13)24-21(25)17-14-10-15-18(17)22(26)28-20(15)19(14)23/h2-9,14-15,17-20H,10H2,1H3,(H,24,25)/t14-,15-,17-,18-,19+,20+/m1/s1. The highest BCUT2D eigenvalue weighted by atomic mass is 79.9. The Labute approximate surface area is 171 Å². The fourth-order valence-electron chi connectivity index (χ4n) is 4.96. The molecule has 0 unspecified atom stereocenters. The van der Waals surface area contributed by atoms with Gasteiger partial charge in [-0.25, -0.2) is 0 Å². The van der Waals surface area contributed by atoms with Crippen molar-refractivity contribution in [2.75, 3.05) is 5.32 Å². The number of benzene rings is 2. The molecule has 5 nitrogen and oxygen atoms in total. The molecule has 1 saturated heterocycles. The van der Waals surface area contributed by atoms with Gasteiger partial charge in [0.1, 0.15) is 17.6 Å². The van der Waals surface area contributed by atoms with Crippen LogP contribution in [-0.2, 0) is 14.3 Å². The number of anilines is 1. The lowest BCUT2D eigenvalue weighted by atomic mass is 9.79. The molecule has 3 fully saturated rings. The van der Waals surface area contributed by atoms with E-state index in [2.05, 4.69) is 21.2 Å². The monoisotopic (exact) mass is 441 g/mol. The van der Waals surface area contributed by atoms with E-state index in [4.69, 9.17) is 9.47 Å². The van der Waals surface area contributed by atoms with E-state index in [0.717, 1.165) is 17.7 Å². The van der Waals surface area contributed by atoms with Crippen molar-refractivity contribution in [3.8, 4) is 11.5 Å². The van der Waals surface area contributed by atoms with Gasteiger partial charge >= 0.3 is 5.97 Å². The number of carbonyl (C=O) groups excluding carboxylic acids is 2. The number of para-hydroxylation sites is 1.